The first-order valence-corrected chi connectivity index (χ1v) is 10.5. The molecule has 2 aromatic carbocycles. The minimum absolute atomic E-state index is 0.0600. The number of hydrogen-bond acceptors (Lipinski definition) is 5. The van der Waals surface area contributed by atoms with Crippen LogP contribution in [0.15, 0.2) is 55.0 Å². The number of nitrogens with zero attached hydrogens (tertiary/aromatic N) is 5. The largest absolute Gasteiger partial charge is 0.469 e. The molecule has 2 amide bonds. The van der Waals surface area contributed by atoms with Gasteiger partial charge in [0.25, 0.3) is 0 Å². The summed E-state index contributed by atoms with van der Waals surface area (Å²) in [5.74, 6) is 0.468. The molecule has 10 heteroatoms. The fourth-order valence-corrected chi connectivity index (χ4v) is 3.57. The smallest absolute Gasteiger partial charge is 0.322 e. The lowest BCUT2D eigenvalue weighted by atomic mass is 10.0. The van der Waals surface area contributed by atoms with Crippen molar-refractivity contribution >= 4 is 34.1 Å². The van der Waals surface area contributed by atoms with Crippen LogP contribution in [0.5, 0.6) is 5.88 Å². The molecule has 0 spiro atoms. The number of fused-ring (bicyclic) bond motifs is 1. The van der Waals surface area contributed by atoms with Crippen LogP contribution in [0.2, 0.25) is 5.02 Å². The molecule has 2 aromatic heterocycles. The lowest BCUT2D eigenvalue weighted by Gasteiger charge is -2.26. The Morgan fingerprint density at radius 3 is 2.70 bits per heavy atom. The van der Waals surface area contributed by atoms with Crippen LogP contribution in [0.25, 0.3) is 10.8 Å². The molecular formula is C23H22ClFN6O2. The highest BCUT2D eigenvalue weighted by Crippen LogP contribution is 2.32. The van der Waals surface area contributed by atoms with Gasteiger partial charge in [-0.05, 0) is 36.6 Å². The molecule has 0 aliphatic rings. The molecule has 0 aliphatic carbocycles. The maximum atomic E-state index is 13.4. The highest BCUT2D eigenvalue weighted by molar-refractivity contribution is 6.31. The second-order valence-corrected chi connectivity index (χ2v) is 7.94. The molecule has 4 rings (SSSR count). The van der Waals surface area contributed by atoms with Crippen molar-refractivity contribution in [2.45, 2.75) is 19.6 Å². The van der Waals surface area contributed by atoms with Crippen molar-refractivity contribution in [1.82, 2.24) is 24.6 Å². The zero-order chi connectivity index (χ0) is 23.5. The maximum absolute atomic E-state index is 13.4. The number of aromatic nitrogens is 4. The summed E-state index contributed by atoms with van der Waals surface area (Å²) in [5.41, 5.74) is 1.25. The van der Waals surface area contributed by atoms with Crippen molar-refractivity contribution < 1.29 is 13.9 Å². The lowest BCUT2D eigenvalue weighted by Crippen LogP contribution is -2.33. The minimum Gasteiger partial charge on any atom is -0.469 e. The van der Waals surface area contributed by atoms with E-state index in [9.17, 15) is 9.18 Å². The Hall–Kier alpha value is -3.72. The molecule has 4 aromatic rings. The van der Waals surface area contributed by atoms with Crippen molar-refractivity contribution in [3.05, 3.63) is 77.2 Å². The van der Waals surface area contributed by atoms with E-state index in [4.69, 9.17) is 16.3 Å². The summed E-state index contributed by atoms with van der Waals surface area (Å²) >= 11 is 5.81. The van der Waals surface area contributed by atoms with E-state index in [1.165, 1.54) is 18.2 Å². The third-order valence-electron chi connectivity index (χ3n) is 5.30. The number of rotatable bonds is 6. The van der Waals surface area contributed by atoms with E-state index >= 15 is 0 Å². The number of pyridine rings is 1. The van der Waals surface area contributed by atoms with Crippen LogP contribution in [0.1, 0.15) is 24.4 Å². The molecule has 0 saturated carbocycles. The molecule has 1 unspecified atom stereocenters. The zero-order valence-corrected chi connectivity index (χ0v) is 19.0. The molecule has 33 heavy (non-hydrogen) atoms. The third kappa shape index (κ3) is 4.88. The first-order valence-electron chi connectivity index (χ1n) is 10.2. The van der Waals surface area contributed by atoms with E-state index in [0.29, 0.717) is 17.4 Å². The highest BCUT2D eigenvalue weighted by atomic mass is 35.5. The summed E-state index contributed by atoms with van der Waals surface area (Å²) in [4.78, 5) is 23.0. The summed E-state index contributed by atoms with van der Waals surface area (Å²) < 4.78 is 20.9. The summed E-state index contributed by atoms with van der Waals surface area (Å²) in [6.07, 6.45) is 3.31. The minimum atomic E-state index is -0.546. The van der Waals surface area contributed by atoms with Crippen molar-refractivity contribution in [2.75, 3.05) is 12.4 Å². The monoisotopic (exact) mass is 468 g/mol. The maximum Gasteiger partial charge on any atom is 0.322 e. The number of carbonyl (C=O) groups is 1. The average molecular weight is 469 g/mol. The number of urea groups is 1. The van der Waals surface area contributed by atoms with E-state index in [0.717, 1.165) is 16.3 Å². The molecule has 1 atom stereocenters. The molecule has 1 N–H and O–H groups in total. The number of nitrogens with one attached hydrogen (secondary N) is 1. The van der Waals surface area contributed by atoms with E-state index in [1.807, 2.05) is 31.2 Å². The third-order valence-corrected chi connectivity index (χ3v) is 5.59. The van der Waals surface area contributed by atoms with Gasteiger partial charge in [0.1, 0.15) is 12.1 Å². The van der Waals surface area contributed by atoms with Crippen molar-refractivity contribution in [3.8, 4) is 5.88 Å². The molecule has 8 nitrogen and oxygen atoms in total. The Balaban J connectivity index is 1.55. The molecule has 170 valence electrons. The SMILES string of the molecule is CC(c1cnc(OCc2ncn(C)n2)c2ccccc12)N(C)C(=O)Nc1ccc(F)c(Cl)c1. The molecule has 0 aliphatic heterocycles. The standard InChI is InChI=1S/C23H22ClFN6O2/c1-14(31(3)23(32)28-15-8-9-20(25)19(24)10-15)18-11-26-22(17-7-5-4-6-16(17)18)33-12-21-27-13-30(2)29-21/h4-11,13-14H,12H2,1-3H3,(H,28,32). The molecule has 2 heterocycles. The second-order valence-electron chi connectivity index (χ2n) is 7.53. The Bertz CT molecular complexity index is 1310. The Kier molecular flexibility index (Phi) is 6.41. The van der Waals surface area contributed by atoms with Gasteiger partial charge in [-0.25, -0.2) is 19.2 Å². The van der Waals surface area contributed by atoms with Gasteiger partial charge in [-0.15, -0.1) is 0 Å². The van der Waals surface area contributed by atoms with Gasteiger partial charge in [-0.2, -0.15) is 5.10 Å². The second kappa shape index (κ2) is 9.41. The quantitative estimate of drug-likeness (QED) is 0.432. The lowest BCUT2D eigenvalue weighted by molar-refractivity contribution is 0.208. The van der Waals surface area contributed by atoms with Crippen LogP contribution in [0.3, 0.4) is 0 Å². The number of amides is 2. The molecule has 0 bridgehead atoms. The Labute approximate surface area is 195 Å². The van der Waals surface area contributed by atoms with E-state index in [2.05, 4.69) is 20.4 Å². The molecule has 0 saturated heterocycles. The molecule has 0 radical (unpaired) electrons. The number of carbonyl (C=O) groups excluding carboxylic acids is 1. The number of anilines is 1. The number of benzene rings is 2. The van der Waals surface area contributed by atoms with Gasteiger partial charge in [0, 0.05) is 36.9 Å². The number of ether oxygens (including phenoxy) is 1. The van der Waals surface area contributed by atoms with Crippen molar-refractivity contribution in [1.29, 1.82) is 0 Å². The van der Waals surface area contributed by atoms with Gasteiger partial charge in [0.15, 0.2) is 12.4 Å². The van der Waals surface area contributed by atoms with Crippen LogP contribution >= 0.6 is 11.6 Å². The number of halogens is 2. The van der Waals surface area contributed by atoms with E-state index in [1.54, 1.807) is 36.2 Å². The topological polar surface area (TPSA) is 85.2 Å². The van der Waals surface area contributed by atoms with Crippen LogP contribution in [0, 0.1) is 5.82 Å². The zero-order valence-electron chi connectivity index (χ0n) is 18.3. The summed E-state index contributed by atoms with van der Waals surface area (Å²) in [6, 6.07) is 11.0. The first kappa shape index (κ1) is 22.5. The van der Waals surface area contributed by atoms with E-state index in [-0.39, 0.29) is 23.7 Å². The molecule has 0 fully saturated rings. The van der Waals surface area contributed by atoms with Gasteiger partial charge in [0.2, 0.25) is 5.88 Å². The van der Waals surface area contributed by atoms with Gasteiger partial charge in [0.05, 0.1) is 11.1 Å². The Morgan fingerprint density at radius 2 is 2.00 bits per heavy atom. The van der Waals surface area contributed by atoms with E-state index < -0.39 is 5.82 Å². The number of hydrogen-bond donors (Lipinski definition) is 1. The summed E-state index contributed by atoms with van der Waals surface area (Å²) in [5, 5.41) is 8.61. The van der Waals surface area contributed by atoms with Crippen LogP contribution in [-0.4, -0.2) is 37.7 Å². The first-order chi connectivity index (χ1) is 15.8. The fraction of sp³-hybridized carbons (Fsp3) is 0.217. The van der Waals surface area contributed by atoms with Crippen LogP contribution < -0.4 is 10.1 Å². The van der Waals surface area contributed by atoms with Crippen LogP contribution in [-0.2, 0) is 13.7 Å². The number of aryl methyl sites for hydroxylation is 1. The van der Waals surface area contributed by atoms with Crippen molar-refractivity contribution in [2.24, 2.45) is 7.05 Å². The predicted molar refractivity (Wildman–Crippen MR) is 124 cm³/mol. The normalized spacial score (nSPS) is 11.9. The summed E-state index contributed by atoms with van der Waals surface area (Å²) in [7, 11) is 3.47. The van der Waals surface area contributed by atoms with Gasteiger partial charge < -0.3 is 15.0 Å². The molecular weight excluding hydrogens is 447 g/mol. The van der Waals surface area contributed by atoms with Gasteiger partial charge in [-0.3, -0.25) is 4.68 Å². The van der Waals surface area contributed by atoms with Gasteiger partial charge >= 0.3 is 6.03 Å². The predicted octanol–water partition coefficient (Wildman–Crippen LogP) is 4.96. The highest BCUT2D eigenvalue weighted by Gasteiger charge is 2.21. The average Bonchev–Trinajstić information content (AvgIpc) is 3.23. The van der Waals surface area contributed by atoms with Crippen LogP contribution in [0.4, 0.5) is 14.9 Å². The van der Waals surface area contributed by atoms with Crippen molar-refractivity contribution in [3.63, 3.8) is 0 Å². The summed E-state index contributed by atoms with van der Waals surface area (Å²) in [6.45, 7) is 2.09. The Morgan fingerprint density at radius 1 is 1.24 bits per heavy atom. The fourth-order valence-electron chi connectivity index (χ4n) is 3.39. The van der Waals surface area contributed by atoms with Gasteiger partial charge in [-0.1, -0.05) is 29.8 Å².